The van der Waals surface area contributed by atoms with E-state index in [-0.39, 0.29) is 6.09 Å². The highest BCUT2D eigenvalue weighted by Gasteiger charge is 2.26. The zero-order chi connectivity index (χ0) is 21.6. The van der Waals surface area contributed by atoms with Crippen LogP contribution in [0.15, 0.2) is 17.1 Å². The molecule has 1 fully saturated rings. The summed E-state index contributed by atoms with van der Waals surface area (Å²) in [4.78, 5) is 20.3. The van der Waals surface area contributed by atoms with Gasteiger partial charge in [-0.2, -0.15) is 0 Å². The third-order valence-electron chi connectivity index (χ3n) is 4.26. The lowest BCUT2D eigenvalue weighted by atomic mass is 10.2. The maximum atomic E-state index is 12.2. The Hall–Kier alpha value is -2.35. The number of methoxy groups -OCH3 is 1. The van der Waals surface area contributed by atoms with E-state index in [2.05, 4.69) is 4.99 Å². The first-order chi connectivity index (χ1) is 13.6. The molecule has 1 amide bonds. The van der Waals surface area contributed by atoms with E-state index >= 15 is 0 Å². The summed E-state index contributed by atoms with van der Waals surface area (Å²) in [6.45, 7) is 10.6. The minimum atomic E-state index is -0.505. The number of aliphatic imine (C=N–C) groups is 1. The number of piperazine rings is 1. The van der Waals surface area contributed by atoms with Crippen LogP contribution < -0.4 is 15.2 Å². The minimum Gasteiger partial charge on any atom is -0.493 e. The van der Waals surface area contributed by atoms with Gasteiger partial charge in [0.1, 0.15) is 5.60 Å². The first-order valence-electron chi connectivity index (χ1n) is 9.66. The molecule has 0 bridgehead atoms. The summed E-state index contributed by atoms with van der Waals surface area (Å²) in [6.07, 6.45) is -0.302. The Bertz CT molecular complexity index is 741. The average Bonchev–Trinajstić information content (AvgIpc) is 2.66. The van der Waals surface area contributed by atoms with Crippen molar-refractivity contribution >= 4 is 23.7 Å². The molecule has 162 valence electrons. The normalized spacial score (nSPS) is 15.3. The number of benzene rings is 1. The standard InChI is InChI=1S/C20H31ClN4O4/c1-6-28-17-15(21)11-14(12-16(17)27-5)13-23-18(22)24-7-9-25(10-8-24)19(26)29-20(2,3)4/h11-12H,6-10,13H2,1-5H3,(H2,22,23). The fourth-order valence-electron chi connectivity index (χ4n) is 2.87. The summed E-state index contributed by atoms with van der Waals surface area (Å²) in [5, 5.41) is 0.473. The van der Waals surface area contributed by atoms with Gasteiger partial charge in [-0.1, -0.05) is 11.6 Å². The maximum absolute atomic E-state index is 12.2. The predicted molar refractivity (Wildman–Crippen MR) is 114 cm³/mol. The molecule has 0 aromatic heterocycles. The molecule has 29 heavy (non-hydrogen) atoms. The Morgan fingerprint density at radius 2 is 1.83 bits per heavy atom. The zero-order valence-electron chi connectivity index (χ0n) is 17.8. The number of hydrogen-bond donors (Lipinski definition) is 1. The van der Waals surface area contributed by atoms with Crippen molar-refractivity contribution in [3.8, 4) is 11.5 Å². The Morgan fingerprint density at radius 1 is 1.21 bits per heavy atom. The van der Waals surface area contributed by atoms with Gasteiger partial charge in [0.05, 0.1) is 25.3 Å². The van der Waals surface area contributed by atoms with Crippen LogP contribution in [0.5, 0.6) is 11.5 Å². The predicted octanol–water partition coefficient (Wildman–Crippen LogP) is 3.11. The molecule has 0 unspecified atom stereocenters. The van der Waals surface area contributed by atoms with E-state index in [9.17, 15) is 4.79 Å². The first kappa shape index (κ1) is 22.9. The third-order valence-corrected chi connectivity index (χ3v) is 4.54. The van der Waals surface area contributed by atoms with Gasteiger partial charge in [-0.05, 0) is 45.4 Å². The molecule has 1 aromatic carbocycles. The zero-order valence-corrected chi connectivity index (χ0v) is 18.6. The summed E-state index contributed by atoms with van der Waals surface area (Å²) in [6, 6.07) is 3.64. The van der Waals surface area contributed by atoms with Crippen molar-refractivity contribution in [3.63, 3.8) is 0 Å². The van der Waals surface area contributed by atoms with Crippen molar-refractivity contribution in [2.75, 3.05) is 39.9 Å². The second kappa shape index (κ2) is 9.91. The van der Waals surface area contributed by atoms with E-state index in [4.69, 9.17) is 31.5 Å². The Morgan fingerprint density at radius 3 is 2.38 bits per heavy atom. The lowest BCUT2D eigenvalue weighted by molar-refractivity contribution is 0.0186. The highest BCUT2D eigenvalue weighted by molar-refractivity contribution is 6.32. The van der Waals surface area contributed by atoms with Gasteiger partial charge in [-0.25, -0.2) is 9.79 Å². The van der Waals surface area contributed by atoms with Crippen LogP contribution in [0.1, 0.15) is 33.3 Å². The molecule has 1 saturated heterocycles. The largest absolute Gasteiger partial charge is 0.493 e. The number of hydrogen-bond acceptors (Lipinski definition) is 5. The number of carbonyl (C=O) groups excluding carboxylic acids is 1. The molecule has 2 N–H and O–H groups in total. The van der Waals surface area contributed by atoms with Gasteiger partial charge in [0, 0.05) is 26.2 Å². The maximum Gasteiger partial charge on any atom is 0.410 e. The molecule has 2 rings (SSSR count). The molecular weight excluding hydrogens is 396 g/mol. The molecule has 0 atom stereocenters. The van der Waals surface area contributed by atoms with Crippen molar-refractivity contribution in [1.29, 1.82) is 0 Å². The molecule has 1 aliphatic heterocycles. The number of halogens is 1. The summed E-state index contributed by atoms with van der Waals surface area (Å²) in [7, 11) is 1.57. The summed E-state index contributed by atoms with van der Waals surface area (Å²) in [5.41, 5.74) is 6.52. The van der Waals surface area contributed by atoms with Gasteiger partial charge in [-0.15, -0.1) is 0 Å². The SMILES string of the molecule is CCOc1c(Cl)cc(CN=C(N)N2CCN(C(=O)OC(C)(C)C)CC2)cc1OC. The van der Waals surface area contributed by atoms with Gasteiger partial charge in [0.25, 0.3) is 0 Å². The molecule has 9 heteroatoms. The van der Waals surface area contributed by atoms with Crippen molar-refractivity contribution in [2.45, 2.75) is 39.8 Å². The first-order valence-corrected chi connectivity index (χ1v) is 10.0. The molecular formula is C20H31ClN4O4. The number of carbonyl (C=O) groups is 1. The van der Waals surface area contributed by atoms with Crippen LogP contribution in [0, 0.1) is 0 Å². The molecule has 8 nitrogen and oxygen atoms in total. The molecule has 0 aliphatic carbocycles. The van der Waals surface area contributed by atoms with E-state index in [0.29, 0.717) is 61.8 Å². The summed E-state index contributed by atoms with van der Waals surface area (Å²) < 4.78 is 16.3. The van der Waals surface area contributed by atoms with E-state index in [1.807, 2.05) is 38.7 Å². The van der Waals surface area contributed by atoms with Crippen LogP contribution in [0.25, 0.3) is 0 Å². The molecule has 0 saturated carbocycles. The quantitative estimate of drug-likeness (QED) is 0.574. The molecule has 0 radical (unpaired) electrons. The van der Waals surface area contributed by atoms with E-state index < -0.39 is 5.60 Å². The highest BCUT2D eigenvalue weighted by Crippen LogP contribution is 2.36. The minimum absolute atomic E-state index is 0.302. The van der Waals surface area contributed by atoms with Crippen molar-refractivity contribution in [1.82, 2.24) is 9.80 Å². The summed E-state index contributed by atoms with van der Waals surface area (Å²) in [5.74, 6) is 1.52. The number of nitrogens with two attached hydrogens (primary N) is 1. The number of guanidine groups is 1. The molecule has 1 aromatic rings. The second-order valence-corrected chi connectivity index (χ2v) is 8.08. The number of amides is 1. The topological polar surface area (TPSA) is 89.6 Å². The monoisotopic (exact) mass is 426 g/mol. The van der Waals surface area contributed by atoms with Crippen molar-refractivity contribution in [2.24, 2.45) is 10.7 Å². The van der Waals surface area contributed by atoms with Crippen LogP contribution in [0.4, 0.5) is 4.79 Å². The van der Waals surface area contributed by atoms with Crippen LogP contribution in [0.3, 0.4) is 0 Å². The fraction of sp³-hybridized carbons (Fsp3) is 0.600. The van der Waals surface area contributed by atoms with Crippen LogP contribution in [-0.2, 0) is 11.3 Å². The Balaban J connectivity index is 1.96. The second-order valence-electron chi connectivity index (χ2n) is 7.67. The molecule has 1 aliphatic rings. The van der Waals surface area contributed by atoms with Crippen LogP contribution in [0.2, 0.25) is 5.02 Å². The van der Waals surface area contributed by atoms with Crippen molar-refractivity contribution < 1.29 is 19.0 Å². The van der Waals surface area contributed by atoms with Crippen molar-refractivity contribution in [3.05, 3.63) is 22.7 Å². The molecule has 0 spiro atoms. The van der Waals surface area contributed by atoms with Gasteiger partial charge >= 0.3 is 6.09 Å². The number of ether oxygens (including phenoxy) is 3. The lowest BCUT2D eigenvalue weighted by Crippen LogP contribution is -2.53. The van der Waals surface area contributed by atoms with Gasteiger partial charge in [-0.3, -0.25) is 0 Å². The van der Waals surface area contributed by atoms with E-state index in [1.54, 1.807) is 18.1 Å². The average molecular weight is 427 g/mol. The smallest absolute Gasteiger partial charge is 0.410 e. The van der Waals surface area contributed by atoms with Crippen LogP contribution in [-0.4, -0.2) is 67.3 Å². The van der Waals surface area contributed by atoms with Gasteiger partial charge in [0.15, 0.2) is 17.5 Å². The number of nitrogens with zero attached hydrogens (tertiary/aromatic N) is 3. The summed E-state index contributed by atoms with van der Waals surface area (Å²) >= 11 is 6.30. The Labute approximate surface area is 177 Å². The number of rotatable bonds is 5. The Kier molecular flexibility index (Phi) is 7.84. The fourth-order valence-corrected chi connectivity index (χ4v) is 3.15. The molecule has 1 heterocycles. The third kappa shape index (κ3) is 6.59. The lowest BCUT2D eigenvalue weighted by Gasteiger charge is -2.36. The van der Waals surface area contributed by atoms with Gasteiger partial charge in [0.2, 0.25) is 0 Å². The highest BCUT2D eigenvalue weighted by atomic mass is 35.5. The van der Waals surface area contributed by atoms with Crippen LogP contribution >= 0.6 is 11.6 Å². The van der Waals surface area contributed by atoms with Gasteiger partial charge < -0.3 is 29.7 Å². The van der Waals surface area contributed by atoms with E-state index in [0.717, 1.165) is 5.56 Å². The van der Waals surface area contributed by atoms with E-state index in [1.165, 1.54) is 0 Å².